The summed E-state index contributed by atoms with van der Waals surface area (Å²) in [6.45, 7) is 1.46. The number of para-hydroxylation sites is 2. The third-order valence-electron chi connectivity index (χ3n) is 5.03. The SMILES string of the molecule is C[C@@H](O)[C@H]1C(=O)N2C(C(=O)O)=C(OP(=O)(Oc3ccccc3)Oc3ccccc3)C[C@@H]12. The molecule has 9 nitrogen and oxygen atoms in total. The minimum Gasteiger partial charge on any atom is -0.476 e. The number of phosphoric ester groups is 1. The number of carbonyl (C=O) groups excluding carboxylic acids is 1. The summed E-state index contributed by atoms with van der Waals surface area (Å²) in [7, 11) is -4.40. The highest BCUT2D eigenvalue weighted by molar-refractivity contribution is 7.49. The van der Waals surface area contributed by atoms with Crippen molar-refractivity contribution in [1.82, 2.24) is 4.90 Å². The number of hydrogen-bond acceptors (Lipinski definition) is 7. The Bertz CT molecular complexity index is 1020. The van der Waals surface area contributed by atoms with Crippen molar-refractivity contribution in [2.24, 2.45) is 5.92 Å². The van der Waals surface area contributed by atoms with E-state index in [9.17, 15) is 24.4 Å². The second-order valence-corrected chi connectivity index (χ2v) is 8.61. The minimum absolute atomic E-state index is 0.0385. The van der Waals surface area contributed by atoms with Crippen molar-refractivity contribution in [3.05, 3.63) is 72.1 Å². The lowest BCUT2D eigenvalue weighted by Crippen LogP contribution is -2.61. The van der Waals surface area contributed by atoms with Gasteiger partial charge in [-0.3, -0.25) is 9.69 Å². The number of fused-ring (bicyclic) bond motifs is 1. The number of aliphatic carboxylic acids is 1. The fourth-order valence-electron chi connectivity index (χ4n) is 3.72. The number of carbonyl (C=O) groups is 2. The Morgan fingerprint density at radius 2 is 1.55 bits per heavy atom. The predicted octanol–water partition coefficient (Wildman–Crippen LogP) is 3.18. The molecular weight excluding hydrogens is 425 g/mol. The number of hydrogen-bond donors (Lipinski definition) is 2. The maximum absolute atomic E-state index is 13.6. The normalized spacial score (nSPS) is 21.2. The number of carboxylic acids is 1. The van der Waals surface area contributed by atoms with E-state index >= 15 is 0 Å². The summed E-state index contributed by atoms with van der Waals surface area (Å²) < 4.78 is 30.2. The number of nitrogens with zero attached hydrogens (tertiary/aromatic N) is 1. The highest BCUT2D eigenvalue weighted by atomic mass is 31.2. The second-order valence-electron chi connectivity index (χ2n) is 7.17. The number of β-lactam (4-membered cyclic amide) rings is 1. The van der Waals surface area contributed by atoms with Crippen molar-refractivity contribution >= 4 is 19.7 Å². The molecule has 2 heterocycles. The molecule has 1 saturated heterocycles. The van der Waals surface area contributed by atoms with E-state index in [4.69, 9.17) is 13.6 Å². The van der Waals surface area contributed by atoms with Gasteiger partial charge in [-0.15, -0.1) is 0 Å². The largest absolute Gasteiger partial charge is 0.646 e. The van der Waals surface area contributed by atoms with Crippen LogP contribution in [0.15, 0.2) is 72.1 Å². The van der Waals surface area contributed by atoms with Crippen LogP contribution in [-0.2, 0) is 18.7 Å². The number of aliphatic hydroxyl groups is 1. The summed E-state index contributed by atoms with van der Waals surface area (Å²) in [4.78, 5) is 25.3. The smallest absolute Gasteiger partial charge is 0.476 e. The number of rotatable bonds is 8. The Hall–Kier alpha value is -3.29. The lowest BCUT2D eigenvalue weighted by Gasteiger charge is -2.44. The lowest BCUT2D eigenvalue weighted by atomic mass is 9.83. The van der Waals surface area contributed by atoms with Crippen molar-refractivity contribution in [3.63, 3.8) is 0 Å². The summed E-state index contributed by atoms with van der Waals surface area (Å²) in [5.74, 6) is -2.53. The highest BCUT2D eigenvalue weighted by Gasteiger charge is 2.58. The van der Waals surface area contributed by atoms with Crippen LogP contribution >= 0.6 is 7.82 Å². The van der Waals surface area contributed by atoms with E-state index in [-0.39, 0.29) is 23.7 Å². The van der Waals surface area contributed by atoms with Crippen molar-refractivity contribution in [2.75, 3.05) is 0 Å². The van der Waals surface area contributed by atoms with Crippen LogP contribution in [0.5, 0.6) is 11.5 Å². The molecule has 1 amide bonds. The van der Waals surface area contributed by atoms with Gasteiger partial charge in [-0.1, -0.05) is 36.4 Å². The van der Waals surface area contributed by atoms with Crippen molar-refractivity contribution in [2.45, 2.75) is 25.5 Å². The van der Waals surface area contributed by atoms with Crippen molar-refractivity contribution < 1.29 is 37.9 Å². The first-order valence-electron chi connectivity index (χ1n) is 9.55. The molecule has 10 heteroatoms. The van der Waals surface area contributed by atoms with Crippen LogP contribution in [0.3, 0.4) is 0 Å². The first-order valence-corrected chi connectivity index (χ1v) is 11.0. The van der Waals surface area contributed by atoms with Gasteiger partial charge < -0.3 is 23.8 Å². The van der Waals surface area contributed by atoms with Crippen LogP contribution in [0.2, 0.25) is 0 Å². The molecule has 0 bridgehead atoms. The van der Waals surface area contributed by atoms with Crippen LogP contribution in [0.4, 0.5) is 0 Å². The molecule has 2 aromatic rings. The fraction of sp³-hybridized carbons (Fsp3) is 0.238. The van der Waals surface area contributed by atoms with Gasteiger partial charge in [0.05, 0.1) is 18.1 Å². The van der Waals surface area contributed by atoms with Gasteiger partial charge in [0.15, 0.2) is 5.70 Å². The summed E-state index contributed by atoms with van der Waals surface area (Å²) in [5.41, 5.74) is -0.430. The van der Waals surface area contributed by atoms with E-state index in [1.807, 2.05) is 0 Å². The molecule has 1 fully saturated rings. The van der Waals surface area contributed by atoms with Gasteiger partial charge >= 0.3 is 13.8 Å². The molecule has 162 valence electrons. The van der Waals surface area contributed by atoms with E-state index in [2.05, 4.69) is 0 Å². The van der Waals surface area contributed by atoms with Crippen molar-refractivity contribution in [3.8, 4) is 11.5 Å². The molecule has 2 N–H and O–H groups in total. The quantitative estimate of drug-likeness (QED) is 0.469. The number of carboxylic acid groups (broad SMARTS) is 1. The van der Waals surface area contributed by atoms with E-state index in [0.29, 0.717) is 0 Å². The maximum Gasteiger partial charge on any atom is 0.646 e. The molecule has 0 saturated carbocycles. The topological polar surface area (TPSA) is 123 Å². The molecule has 2 aliphatic heterocycles. The van der Waals surface area contributed by atoms with Crippen LogP contribution in [-0.4, -0.2) is 39.1 Å². The van der Waals surface area contributed by atoms with Gasteiger partial charge in [-0.2, -0.15) is 4.57 Å². The standard InChI is InChI=1S/C21H20NO8P/c1-13(23)18-16-12-17(19(21(25)26)22(16)20(18)24)30-31(27,28-14-8-4-2-5-9-14)29-15-10-6-3-7-11-15/h2-11,13,16,18,23H,12H2,1H3,(H,25,26)/t13-,16+,18-/m1/s1. The van der Waals surface area contributed by atoms with E-state index in [1.165, 1.54) is 6.92 Å². The van der Waals surface area contributed by atoms with Crippen LogP contribution in [0.1, 0.15) is 13.3 Å². The molecule has 2 aromatic carbocycles. The first kappa shape index (κ1) is 21.0. The molecule has 2 aliphatic rings. The zero-order chi connectivity index (χ0) is 22.2. The number of benzene rings is 2. The fourth-order valence-corrected chi connectivity index (χ4v) is 5.03. The third kappa shape index (κ3) is 4.02. The summed E-state index contributed by atoms with van der Waals surface area (Å²) in [5, 5.41) is 19.5. The Labute approximate surface area is 178 Å². The number of amides is 1. The monoisotopic (exact) mass is 445 g/mol. The average molecular weight is 445 g/mol. The summed E-state index contributed by atoms with van der Waals surface area (Å²) >= 11 is 0. The van der Waals surface area contributed by atoms with Gasteiger partial charge in [0.25, 0.3) is 0 Å². The molecule has 0 spiro atoms. The van der Waals surface area contributed by atoms with Gasteiger partial charge in [0, 0.05) is 6.42 Å². The summed E-state index contributed by atoms with van der Waals surface area (Å²) in [6.07, 6.45) is -1.00. The molecular formula is C21H20NO8P. The van der Waals surface area contributed by atoms with Crippen molar-refractivity contribution in [1.29, 1.82) is 0 Å². The van der Waals surface area contributed by atoms with Gasteiger partial charge in [0.2, 0.25) is 5.91 Å². The van der Waals surface area contributed by atoms with Gasteiger partial charge in [-0.05, 0) is 31.2 Å². The Morgan fingerprint density at radius 3 is 2.00 bits per heavy atom. The maximum atomic E-state index is 13.6. The predicted molar refractivity (Wildman–Crippen MR) is 108 cm³/mol. The van der Waals surface area contributed by atoms with E-state index in [1.54, 1.807) is 60.7 Å². The van der Waals surface area contributed by atoms with Crippen LogP contribution < -0.4 is 9.05 Å². The van der Waals surface area contributed by atoms with E-state index < -0.39 is 43.5 Å². The number of aliphatic hydroxyl groups excluding tert-OH is 1. The minimum atomic E-state index is -4.40. The highest BCUT2D eigenvalue weighted by Crippen LogP contribution is 2.55. The lowest BCUT2D eigenvalue weighted by molar-refractivity contribution is -0.161. The molecule has 4 rings (SSSR count). The molecule has 0 aliphatic carbocycles. The third-order valence-corrected chi connectivity index (χ3v) is 6.35. The Balaban J connectivity index is 1.67. The molecule has 0 radical (unpaired) electrons. The first-order chi connectivity index (χ1) is 14.8. The Kier molecular flexibility index (Phi) is 5.47. The zero-order valence-corrected chi connectivity index (χ0v) is 17.3. The zero-order valence-electron chi connectivity index (χ0n) is 16.5. The number of phosphoric acid groups is 1. The van der Waals surface area contributed by atoms with E-state index in [0.717, 1.165) is 4.90 Å². The molecule has 3 atom stereocenters. The van der Waals surface area contributed by atoms with Gasteiger partial charge in [0.1, 0.15) is 17.3 Å². The summed E-state index contributed by atoms with van der Waals surface area (Å²) in [6, 6.07) is 15.7. The van der Waals surface area contributed by atoms with Crippen LogP contribution in [0.25, 0.3) is 0 Å². The Morgan fingerprint density at radius 1 is 1.03 bits per heavy atom. The second kappa shape index (κ2) is 8.09. The average Bonchev–Trinajstić information content (AvgIpc) is 3.02. The molecule has 0 aromatic heterocycles. The van der Waals surface area contributed by atoms with Crippen LogP contribution in [0, 0.1) is 5.92 Å². The molecule has 31 heavy (non-hydrogen) atoms. The van der Waals surface area contributed by atoms with Gasteiger partial charge in [-0.25, -0.2) is 4.79 Å². The molecule has 0 unspecified atom stereocenters.